The van der Waals surface area contributed by atoms with Crippen molar-refractivity contribution < 1.29 is 14.3 Å². The Morgan fingerprint density at radius 1 is 1.21 bits per heavy atom. The highest BCUT2D eigenvalue weighted by Crippen LogP contribution is 2.26. The van der Waals surface area contributed by atoms with Crippen molar-refractivity contribution in [3.63, 3.8) is 0 Å². The Kier molecular flexibility index (Phi) is 7.14. The fourth-order valence-electron chi connectivity index (χ4n) is 3.78. The maximum Gasteiger partial charge on any atom is 0.319 e. The molecule has 1 aromatic heterocycles. The largest absolute Gasteiger partial charge is 0.376 e. The summed E-state index contributed by atoms with van der Waals surface area (Å²) >= 11 is 0. The molecule has 0 bridgehead atoms. The maximum absolute atomic E-state index is 12.2. The zero-order valence-electron chi connectivity index (χ0n) is 17.6. The van der Waals surface area contributed by atoms with Crippen LogP contribution in [-0.2, 0) is 16.1 Å². The lowest BCUT2D eigenvalue weighted by Gasteiger charge is -2.28. The molecule has 2 N–H and O–H groups in total. The summed E-state index contributed by atoms with van der Waals surface area (Å²) in [6.07, 6.45) is 7.08. The summed E-state index contributed by atoms with van der Waals surface area (Å²) in [7, 11) is 3.49. The van der Waals surface area contributed by atoms with Crippen LogP contribution in [0, 0.1) is 5.92 Å². The Morgan fingerprint density at radius 3 is 2.76 bits per heavy atom. The number of carbonyl (C=O) groups excluding carboxylic acids is 2. The number of carbonyl (C=O) groups is 2. The first kappa shape index (κ1) is 21.2. The van der Waals surface area contributed by atoms with Gasteiger partial charge in [-0.2, -0.15) is 0 Å². The summed E-state index contributed by atoms with van der Waals surface area (Å²) in [6, 6.07) is 7.37. The molecule has 3 rings (SSSR count). The number of nitrogens with one attached hydrogen (secondary N) is 2. The van der Waals surface area contributed by atoms with Gasteiger partial charge in [0.25, 0.3) is 0 Å². The van der Waals surface area contributed by atoms with Gasteiger partial charge in [-0.3, -0.25) is 4.79 Å². The third-order valence-electron chi connectivity index (χ3n) is 5.59. The van der Waals surface area contributed by atoms with Crippen LogP contribution in [0.25, 0.3) is 10.9 Å². The average molecular weight is 401 g/mol. The minimum absolute atomic E-state index is 0.0360. The molecule has 29 heavy (non-hydrogen) atoms. The van der Waals surface area contributed by atoms with Gasteiger partial charge in [-0.15, -0.1) is 0 Å². The molecule has 0 saturated heterocycles. The van der Waals surface area contributed by atoms with Gasteiger partial charge in [0.2, 0.25) is 5.91 Å². The quantitative estimate of drug-likeness (QED) is 0.699. The molecule has 1 saturated carbocycles. The highest BCUT2D eigenvalue weighted by Gasteiger charge is 2.21. The van der Waals surface area contributed by atoms with Crippen LogP contribution in [0.2, 0.25) is 0 Å². The van der Waals surface area contributed by atoms with Crippen LogP contribution in [0.4, 0.5) is 10.5 Å². The molecule has 3 amide bonds. The zero-order chi connectivity index (χ0) is 20.8. The van der Waals surface area contributed by atoms with Gasteiger partial charge in [-0.1, -0.05) is 19.8 Å². The standard InChI is InChI=1S/C22H32N4O3/c1-16-6-4-5-7-20(16)29-13-11-23-22(28)24-18-8-9-19-17(14-18)10-12-26(19)15-21(27)25(2)3/h8-10,12,14,16,20H,4-7,11,13,15H2,1-3H3,(H2,23,24,28). The van der Waals surface area contributed by atoms with Gasteiger partial charge in [0.05, 0.1) is 12.7 Å². The van der Waals surface area contributed by atoms with E-state index in [0.717, 1.165) is 17.3 Å². The van der Waals surface area contributed by atoms with E-state index < -0.39 is 0 Å². The highest BCUT2D eigenvalue weighted by atomic mass is 16.5. The molecule has 1 aromatic carbocycles. The average Bonchev–Trinajstić information content (AvgIpc) is 3.08. The van der Waals surface area contributed by atoms with Crippen molar-refractivity contribution in [1.82, 2.24) is 14.8 Å². The maximum atomic E-state index is 12.2. The first-order valence-corrected chi connectivity index (χ1v) is 10.4. The van der Waals surface area contributed by atoms with E-state index in [2.05, 4.69) is 17.6 Å². The SMILES string of the molecule is CC1CCCCC1OCCNC(=O)Nc1ccc2c(ccn2CC(=O)N(C)C)c1. The number of rotatable bonds is 7. The second kappa shape index (κ2) is 9.78. The van der Waals surface area contributed by atoms with Crippen LogP contribution in [0.1, 0.15) is 32.6 Å². The number of aromatic nitrogens is 1. The van der Waals surface area contributed by atoms with Crippen LogP contribution in [-0.4, -0.2) is 54.8 Å². The number of hydrogen-bond donors (Lipinski definition) is 2. The van der Waals surface area contributed by atoms with E-state index in [0.29, 0.717) is 37.4 Å². The van der Waals surface area contributed by atoms with Crippen molar-refractivity contribution >= 4 is 28.5 Å². The fraction of sp³-hybridized carbons (Fsp3) is 0.545. The van der Waals surface area contributed by atoms with Crippen molar-refractivity contribution in [2.45, 2.75) is 45.3 Å². The summed E-state index contributed by atoms with van der Waals surface area (Å²) < 4.78 is 7.84. The first-order chi connectivity index (χ1) is 13.9. The third-order valence-corrected chi connectivity index (χ3v) is 5.59. The minimum atomic E-state index is -0.244. The summed E-state index contributed by atoms with van der Waals surface area (Å²) in [6.45, 7) is 3.55. The van der Waals surface area contributed by atoms with Crippen LogP contribution < -0.4 is 10.6 Å². The van der Waals surface area contributed by atoms with Gasteiger partial charge >= 0.3 is 6.03 Å². The van der Waals surface area contributed by atoms with Crippen molar-refractivity contribution in [1.29, 1.82) is 0 Å². The van der Waals surface area contributed by atoms with E-state index in [1.807, 2.05) is 35.0 Å². The van der Waals surface area contributed by atoms with E-state index in [4.69, 9.17) is 4.74 Å². The summed E-state index contributed by atoms with van der Waals surface area (Å²) in [5.41, 5.74) is 1.68. The van der Waals surface area contributed by atoms with Crippen LogP contribution >= 0.6 is 0 Å². The predicted octanol–water partition coefficient (Wildman–Crippen LogP) is 3.45. The molecule has 2 aromatic rings. The highest BCUT2D eigenvalue weighted by molar-refractivity contribution is 5.93. The molecule has 0 spiro atoms. The molecule has 7 heteroatoms. The van der Waals surface area contributed by atoms with Gasteiger partial charge in [0.1, 0.15) is 6.54 Å². The van der Waals surface area contributed by atoms with Gasteiger partial charge in [0.15, 0.2) is 0 Å². The number of hydrogen-bond acceptors (Lipinski definition) is 3. The normalized spacial score (nSPS) is 19.1. The molecule has 1 aliphatic rings. The van der Waals surface area contributed by atoms with Gasteiger partial charge < -0.3 is 24.8 Å². The number of likely N-dealkylation sites (N-methyl/N-ethyl adjacent to an activating group) is 1. The minimum Gasteiger partial charge on any atom is -0.376 e. The van der Waals surface area contributed by atoms with E-state index in [-0.39, 0.29) is 11.9 Å². The molecule has 2 atom stereocenters. The van der Waals surface area contributed by atoms with Crippen LogP contribution in [0.3, 0.4) is 0 Å². The molecule has 0 radical (unpaired) electrons. The summed E-state index contributed by atoms with van der Waals surface area (Å²) in [5, 5.41) is 6.68. The van der Waals surface area contributed by atoms with Crippen molar-refractivity contribution in [2.75, 3.05) is 32.6 Å². The van der Waals surface area contributed by atoms with E-state index in [9.17, 15) is 9.59 Å². The Labute approximate surface area is 172 Å². The Morgan fingerprint density at radius 2 is 2.00 bits per heavy atom. The van der Waals surface area contributed by atoms with E-state index in [1.165, 1.54) is 19.3 Å². The lowest BCUT2D eigenvalue weighted by Crippen LogP contribution is -2.34. The predicted molar refractivity (Wildman–Crippen MR) is 115 cm³/mol. The number of fused-ring (bicyclic) bond motifs is 1. The number of nitrogens with zero attached hydrogens (tertiary/aromatic N) is 2. The number of ether oxygens (including phenoxy) is 1. The molecule has 0 aliphatic heterocycles. The fourth-order valence-corrected chi connectivity index (χ4v) is 3.78. The molecule has 7 nitrogen and oxygen atoms in total. The topological polar surface area (TPSA) is 75.6 Å². The van der Waals surface area contributed by atoms with Crippen LogP contribution in [0.15, 0.2) is 30.5 Å². The monoisotopic (exact) mass is 400 g/mol. The van der Waals surface area contributed by atoms with Crippen molar-refractivity contribution in [3.8, 4) is 0 Å². The number of urea groups is 1. The third kappa shape index (κ3) is 5.73. The van der Waals surface area contributed by atoms with Gasteiger partial charge in [-0.05, 0) is 43.0 Å². The Balaban J connectivity index is 1.47. The Bertz CT molecular complexity index is 846. The first-order valence-electron chi connectivity index (χ1n) is 10.4. The Hall–Kier alpha value is -2.54. The molecule has 1 heterocycles. The van der Waals surface area contributed by atoms with Crippen LogP contribution in [0.5, 0.6) is 0 Å². The molecular formula is C22H32N4O3. The second-order valence-corrected chi connectivity index (χ2v) is 8.06. The molecule has 1 fully saturated rings. The summed E-state index contributed by atoms with van der Waals surface area (Å²) in [4.78, 5) is 25.7. The zero-order valence-corrected chi connectivity index (χ0v) is 17.6. The second-order valence-electron chi connectivity index (χ2n) is 8.06. The number of anilines is 1. The van der Waals surface area contributed by atoms with Gasteiger partial charge in [-0.25, -0.2) is 4.79 Å². The molecule has 1 aliphatic carbocycles. The van der Waals surface area contributed by atoms with E-state index in [1.54, 1.807) is 19.0 Å². The number of amides is 3. The smallest absolute Gasteiger partial charge is 0.319 e. The molecule has 158 valence electrons. The van der Waals surface area contributed by atoms with Gasteiger partial charge in [0, 0.05) is 43.4 Å². The lowest BCUT2D eigenvalue weighted by molar-refractivity contribution is -0.129. The number of benzene rings is 1. The van der Waals surface area contributed by atoms with Crippen molar-refractivity contribution in [2.24, 2.45) is 5.92 Å². The van der Waals surface area contributed by atoms with E-state index >= 15 is 0 Å². The molecular weight excluding hydrogens is 368 g/mol. The lowest BCUT2D eigenvalue weighted by atomic mass is 9.88. The van der Waals surface area contributed by atoms with Crippen molar-refractivity contribution in [3.05, 3.63) is 30.5 Å². The molecule has 2 unspecified atom stereocenters. The summed E-state index contributed by atoms with van der Waals surface area (Å²) in [5.74, 6) is 0.638.